The van der Waals surface area contributed by atoms with E-state index in [1.54, 1.807) is 12.3 Å². The zero-order chi connectivity index (χ0) is 12.4. The van der Waals surface area contributed by atoms with Crippen LogP contribution in [0.4, 0.5) is 5.69 Å². The molecule has 2 unspecified atom stereocenters. The van der Waals surface area contributed by atoms with Crippen molar-refractivity contribution in [2.75, 3.05) is 18.6 Å². The number of Topliss-reactive ketones (excluding diaryl/α,β-unsaturated/α-hetero) is 1. The summed E-state index contributed by atoms with van der Waals surface area (Å²) in [4.78, 5) is 17.5. The normalized spacial score (nSPS) is 23.7. The van der Waals surface area contributed by atoms with Gasteiger partial charge in [0.25, 0.3) is 0 Å². The van der Waals surface area contributed by atoms with Gasteiger partial charge in [-0.2, -0.15) is 0 Å². The first-order valence-corrected chi connectivity index (χ1v) is 5.91. The average molecular weight is 234 g/mol. The number of nitrogens with zero attached hydrogens (tertiary/aromatic N) is 2. The number of hydrogen-bond donors (Lipinski definition) is 0. The molecule has 2 rings (SSSR count). The summed E-state index contributed by atoms with van der Waals surface area (Å²) in [5.74, 6) is -0.00299. The highest BCUT2D eigenvalue weighted by Gasteiger charge is 2.28. The second-order valence-corrected chi connectivity index (χ2v) is 4.50. The summed E-state index contributed by atoms with van der Waals surface area (Å²) in [5.41, 5.74) is 1.54. The van der Waals surface area contributed by atoms with Gasteiger partial charge in [-0.05, 0) is 25.5 Å². The molecule has 1 aliphatic rings. The van der Waals surface area contributed by atoms with Gasteiger partial charge in [-0.15, -0.1) is 0 Å². The Hall–Kier alpha value is -1.42. The Morgan fingerprint density at radius 2 is 2.29 bits per heavy atom. The Balaban J connectivity index is 2.14. The molecule has 0 saturated carbocycles. The first-order valence-electron chi connectivity index (χ1n) is 5.91. The molecule has 0 radical (unpaired) electrons. The molecule has 0 amide bonds. The Morgan fingerprint density at radius 1 is 1.53 bits per heavy atom. The standard InChI is InChI=1S/C13H18N2O2/c1-9(16)12-5-4-11(8-14-12)15(3)13-6-7-17-10(13)2/h4-5,8,10,13H,6-7H2,1-3H3. The number of carbonyl (C=O) groups is 1. The molecule has 1 fully saturated rings. The Kier molecular flexibility index (Phi) is 3.43. The van der Waals surface area contributed by atoms with Crippen molar-refractivity contribution >= 4 is 11.5 Å². The minimum Gasteiger partial charge on any atom is -0.376 e. The van der Waals surface area contributed by atoms with E-state index in [1.807, 2.05) is 13.1 Å². The van der Waals surface area contributed by atoms with E-state index in [0.29, 0.717) is 11.7 Å². The van der Waals surface area contributed by atoms with E-state index in [1.165, 1.54) is 6.92 Å². The van der Waals surface area contributed by atoms with Gasteiger partial charge in [0.15, 0.2) is 5.78 Å². The number of likely N-dealkylation sites (N-methyl/N-ethyl adjacent to an activating group) is 1. The lowest BCUT2D eigenvalue weighted by Gasteiger charge is -2.28. The van der Waals surface area contributed by atoms with E-state index in [9.17, 15) is 4.79 Å². The topological polar surface area (TPSA) is 42.4 Å². The number of aromatic nitrogens is 1. The van der Waals surface area contributed by atoms with Gasteiger partial charge in [0.2, 0.25) is 0 Å². The zero-order valence-electron chi connectivity index (χ0n) is 10.5. The smallest absolute Gasteiger partial charge is 0.178 e. The van der Waals surface area contributed by atoms with Crippen LogP contribution in [-0.2, 0) is 4.74 Å². The van der Waals surface area contributed by atoms with E-state index < -0.39 is 0 Å². The van der Waals surface area contributed by atoms with Crippen molar-refractivity contribution in [1.82, 2.24) is 4.98 Å². The van der Waals surface area contributed by atoms with Crippen LogP contribution in [0, 0.1) is 0 Å². The first-order chi connectivity index (χ1) is 8.09. The molecule has 92 valence electrons. The maximum Gasteiger partial charge on any atom is 0.178 e. The molecule has 0 spiro atoms. The molecule has 1 aliphatic heterocycles. The lowest BCUT2D eigenvalue weighted by molar-refractivity contribution is 0.101. The van der Waals surface area contributed by atoms with Crippen molar-refractivity contribution in [2.24, 2.45) is 0 Å². The maximum absolute atomic E-state index is 11.1. The van der Waals surface area contributed by atoms with Crippen LogP contribution in [-0.4, -0.2) is 36.6 Å². The number of anilines is 1. The zero-order valence-corrected chi connectivity index (χ0v) is 10.5. The van der Waals surface area contributed by atoms with Crippen LogP contribution in [0.2, 0.25) is 0 Å². The van der Waals surface area contributed by atoms with Gasteiger partial charge in [-0.3, -0.25) is 9.78 Å². The molecule has 0 aliphatic carbocycles. The predicted molar refractivity (Wildman–Crippen MR) is 66.5 cm³/mol. The second kappa shape index (κ2) is 4.84. The highest BCUT2D eigenvalue weighted by Crippen LogP contribution is 2.23. The third-order valence-corrected chi connectivity index (χ3v) is 3.35. The highest BCUT2D eigenvalue weighted by atomic mass is 16.5. The molecule has 4 heteroatoms. The van der Waals surface area contributed by atoms with Gasteiger partial charge in [-0.1, -0.05) is 0 Å². The third kappa shape index (κ3) is 2.47. The lowest BCUT2D eigenvalue weighted by atomic mass is 10.1. The first kappa shape index (κ1) is 12.0. The van der Waals surface area contributed by atoms with Gasteiger partial charge in [0, 0.05) is 20.6 Å². The Bertz CT molecular complexity index is 402. The van der Waals surface area contributed by atoms with Crippen LogP contribution in [0.3, 0.4) is 0 Å². The molecule has 1 aromatic heterocycles. The molecule has 1 saturated heterocycles. The Labute approximate surface area is 102 Å². The maximum atomic E-state index is 11.1. The summed E-state index contributed by atoms with van der Waals surface area (Å²) >= 11 is 0. The van der Waals surface area contributed by atoms with Gasteiger partial charge >= 0.3 is 0 Å². The van der Waals surface area contributed by atoms with E-state index in [-0.39, 0.29) is 11.9 Å². The number of ketones is 1. The number of pyridine rings is 1. The number of carbonyl (C=O) groups excluding carboxylic acids is 1. The van der Waals surface area contributed by atoms with E-state index in [4.69, 9.17) is 4.74 Å². The van der Waals surface area contributed by atoms with Crippen LogP contribution < -0.4 is 4.90 Å². The summed E-state index contributed by atoms with van der Waals surface area (Å²) in [7, 11) is 2.04. The van der Waals surface area contributed by atoms with Crippen molar-refractivity contribution in [3.05, 3.63) is 24.0 Å². The number of rotatable bonds is 3. The summed E-state index contributed by atoms with van der Waals surface area (Å²) < 4.78 is 5.55. The molecule has 1 aromatic rings. The molecule has 2 heterocycles. The van der Waals surface area contributed by atoms with Gasteiger partial charge in [0.1, 0.15) is 5.69 Å². The molecule has 0 aromatic carbocycles. The number of ether oxygens (including phenoxy) is 1. The molecular formula is C13H18N2O2. The van der Waals surface area contributed by atoms with Crippen molar-refractivity contribution in [1.29, 1.82) is 0 Å². The molecule has 4 nitrogen and oxygen atoms in total. The van der Waals surface area contributed by atoms with Crippen LogP contribution >= 0.6 is 0 Å². The second-order valence-electron chi connectivity index (χ2n) is 4.50. The molecule has 2 atom stereocenters. The molecule has 0 N–H and O–H groups in total. The summed E-state index contributed by atoms with van der Waals surface area (Å²) in [6.07, 6.45) is 3.03. The van der Waals surface area contributed by atoms with Crippen LogP contribution in [0.25, 0.3) is 0 Å². The van der Waals surface area contributed by atoms with E-state index in [0.717, 1.165) is 18.7 Å². The monoisotopic (exact) mass is 234 g/mol. The van der Waals surface area contributed by atoms with Crippen molar-refractivity contribution in [3.8, 4) is 0 Å². The van der Waals surface area contributed by atoms with Crippen LogP contribution in [0.15, 0.2) is 18.3 Å². The minimum atomic E-state index is -0.00299. The Morgan fingerprint density at radius 3 is 2.76 bits per heavy atom. The predicted octanol–water partition coefficient (Wildman–Crippen LogP) is 1.90. The third-order valence-electron chi connectivity index (χ3n) is 3.35. The quantitative estimate of drug-likeness (QED) is 0.749. The largest absolute Gasteiger partial charge is 0.376 e. The van der Waals surface area contributed by atoms with Crippen molar-refractivity contribution < 1.29 is 9.53 Å². The fraction of sp³-hybridized carbons (Fsp3) is 0.538. The van der Waals surface area contributed by atoms with E-state index >= 15 is 0 Å². The summed E-state index contributed by atoms with van der Waals surface area (Å²) in [6.45, 7) is 4.43. The highest BCUT2D eigenvalue weighted by molar-refractivity contribution is 5.92. The SMILES string of the molecule is CC(=O)c1ccc(N(C)C2CCOC2C)cn1. The fourth-order valence-electron chi connectivity index (χ4n) is 2.22. The summed E-state index contributed by atoms with van der Waals surface area (Å²) in [6, 6.07) is 4.10. The number of hydrogen-bond acceptors (Lipinski definition) is 4. The molecule has 17 heavy (non-hydrogen) atoms. The van der Waals surface area contributed by atoms with Gasteiger partial charge in [-0.25, -0.2) is 0 Å². The van der Waals surface area contributed by atoms with Crippen LogP contribution in [0.5, 0.6) is 0 Å². The summed E-state index contributed by atoms with van der Waals surface area (Å²) in [5, 5.41) is 0. The van der Waals surface area contributed by atoms with Crippen molar-refractivity contribution in [2.45, 2.75) is 32.4 Å². The van der Waals surface area contributed by atoms with Crippen LogP contribution in [0.1, 0.15) is 30.8 Å². The average Bonchev–Trinajstić information content (AvgIpc) is 2.74. The minimum absolute atomic E-state index is 0.00299. The fourth-order valence-corrected chi connectivity index (χ4v) is 2.22. The van der Waals surface area contributed by atoms with Gasteiger partial charge < -0.3 is 9.64 Å². The molecule has 0 bridgehead atoms. The van der Waals surface area contributed by atoms with Crippen molar-refractivity contribution in [3.63, 3.8) is 0 Å². The lowest BCUT2D eigenvalue weighted by Crippen LogP contribution is -2.36. The van der Waals surface area contributed by atoms with E-state index in [2.05, 4.69) is 16.8 Å². The molecular weight excluding hydrogens is 216 g/mol. The van der Waals surface area contributed by atoms with Gasteiger partial charge in [0.05, 0.1) is 24.0 Å².